The molecule has 0 aliphatic carbocycles. The largest absolute Gasteiger partial charge is 0.462 e. The summed E-state index contributed by atoms with van der Waals surface area (Å²) in [6, 6.07) is 10.3. The highest BCUT2D eigenvalue weighted by Gasteiger charge is 2.17. The van der Waals surface area contributed by atoms with Gasteiger partial charge in [-0.3, -0.25) is 9.78 Å². The van der Waals surface area contributed by atoms with Crippen LogP contribution in [0.2, 0.25) is 0 Å². The summed E-state index contributed by atoms with van der Waals surface area (Å²) in [4.78, 5) is 33.3. The number of hydrogen-bond acceptors (Lipinski definition) is 6. The van der Waals surface area contributed by atoms with E-state index in [0.29, 0.717) is 28.4 Å². The van der Waals surface area contributed by atoms with Crippen molar-refractivity contribution in [3.8, 4) is 10.6 Å². The van der Waals surface area contributed by atoms with Crippen molar-refractivity contribution in [1.82, 2.24) is 9.97 Å². The quantitative estimate of drug-likeness (QED) is 0.691. The van der Waals surface area contributed by atoms with Gasteiger partial charge in [-0.15, -0.1) is 11.3 Å². The number of amides is 1. The number of thiazole rings is 1. The number of esters is 1. The second-order valence-corrected chi connectivity index (χ2v) is 6.43. The zero-order chi connectivity index (χ0) is 18.5. The third kappa shape index (κ3) is 3.94. The number of aromatic nitrogens is 2. The van der Waals surface area contributed by atoms with E-state index in [1.807, 2.05) is 12.1 Å². The predicted molar refractivity (Wildman–Crippen MR) is 100 cm³/mol. The highest BCUT2D eigenvalue weighted by atomic mass is 32.1. The molecule has 0 fully saturated rings. The lowest BCUT2D eigenvalue weighted by Gasteiger charge is -2.05. The van der Waals surface area contributed by atoms with E-state index in [-0.39, 0.29) is 11.9 Å². The summed E-state index contributed by atoms with van der Waals surface area (Å²) in [5.41, 5.74) is 2.57. The van der Waals surface area contributed by atoms with Crippen LogP contribution in [0.5, 0.6) is 0 Å². The van der Waals surface area contributed by atoms with Crippen LogP contribution < -0.4 is 5.32 Å². The topological polar surface area (TPSA) is 81.2 Å². The molecule has 0 saturated carbocycles. The standard InChI is InChI=1S/C19H17N3O3S/c1-3-25-19(24)13-6-8-15(9-7-13)22-17(23)16-12(2)21-18(26-16)14-5-4-10-20-11-14/h4-11H,3H2,1-2H3,(H,22,23). The van der Waals surface area contributed by atoms with Crippen molar-refractivity contribution >= 4 is 28.9 Å². The van der Waals surface area contributed by atoms with Crippen LogP contribution in [-0.2, 0) is 4.74 Å². The number of ether oxygens (including phenoxy) is 1. The number of rotatable bonds is 5. The van der Waals surface area contributed by atoms with Gasteiger partial charge in [0.05, 0.1) is 17.9 Å². The van der Waals surface area contributed by atoms with Crippen LogP contribution in [0.25, 0.3) is 10.6 Å². The Labute approximate surface area is 154 Å². The van der Waals surface area contributed by atoms with E-state index in [0.717, 1.165) is 10.6 Å². The fourth-order valence-corrected chi connectivity index (χ4v) is 3.26. The van der Waals surface area contributed by atoms with Crippen molar-refractivity contribution in [3.63, 3.8) is 0 Å². The highest BCUT2D eigenvalue weighted by molar-refractivity contribution is 7.17. The molecule has 0 radical (unpaired) electrons. The number of anilines is 1. The van der Waals surface area contributed by atoms with Crippen molar-refractivity contribution in [2.75, 3.05) is 11.9 Å². The number of nitrogens with zero attached hydrogens (tertiary/aromatic N) is 2. The van der Waals surface area contributed by atoms with Crippen LogP contribution in [0.1, 0.15) is 32.6 Å². The minimum Gasteiger partial charge on any atom is -0.462 e. The summed E-state index contributed by atoms with van der Waals surface area (Å²) in [5.74, 6) is -0.621. The lowest BCUT2D eigenvalue weighted by molar-refractivity contribution is 0.0526. The number of benzene rings is 1. The third-order valence-corrected chi connectivity index (χ3v) is 4.77. The summed E-state index contributed by atoms with van der Waals surface area (Å²) in [7, 11) is 0. The molecule has 1 N–H and O–H groups in total. The molecule has 2 heterocycles. The van der Waals surface area contributed by atoms with Crippen LogP contribution >= 0.6 is 11.3 Å². The zero-order valence-corrected chi connectivity index (χ0v) is 15.2. The Bertz CT molecular complexity index is 921. The third-order valence-electron chi connectivity index (χ3n) is 3.57. The first-order chi connectivity index (χ1) is 12.6. The molecule has 0 saturated heterocycles. The summed E-state index contributed by atoms with van der Waals surface area (Å²) in [6.45, 7) is 3.88. The maximum Gasteiger partial charge on any atom is 0.338 e. The molecule has 0 aliphatic rings. The van der Waals surface area contributed by atoms with E-state index in [2.05, 4.69) is 15.3 Å². The summed E-state index contributed by atoms with van der Waals surface area (Å²) in [6.07, 6.45) is 3.41. The Morgan fingerprint density at radius 2 is 1.96 bits per heavy atom. The Morgan fingerprint density at radius 3 is 2.62 bits per heavy atom. The van der Waals surface area contributed by atoms with Crippen LogP contribution in [0.3, 0.4) is 0 Å². The highest BCUT2D eigenvalue weighted by Crippen LogP contribution is 2.28. The lowest BCUT2D eigenvalue weighted by atomic mass is 10.2. The van der Waals surface area contributed by atoms with E-state index in [1.165, 1.54) is 11.3 Å². The Hall–Kier alpha value is -3.06. The molecular formula is C19H17N3O3S. The molecule has 6 nitrogen and oxygen atoms in total. The average molecular weight is 367 g/mol. The first kappa shape index (κ1) is 17.8. The maximum absolute atomic E-state index is 12.6. The Balaban J connectivity index is 1.74. The van der Waals surface area contributed by atoms with Crippen molar-refractivity contribution in [1.29, 1.82) is 0 Å². The molecule has 3 aromatic rings. The van der Waals surface area contributed by atoms with Gasteiger partial charge >= 0.3 is 5.97 Å². The molecule has 0 atom stereocenters. The van der Waals surface area contributed by atoms with Crippen LogP contribution in [-0.4, -0.2) is 28.5 Å². The Kier molecular flexibility index (Phi) is 5.38. The smallest absolute Gasteiger partial charge is 0.338 e. The number of carbonyl (C=O) groups excluding carboxylic acids is 2. The molecular weight excluding hydrogens is 350 g/mol. The van der Waals surface area contributed by atoms with Crippen LogP contribution in [0, 0.1) is 6.92 Å². The molecule has 26 heavy (non-hydrogen) atoms. The van der Waals surface area contributed by atoms with Gasteiger partial charge in [0.15, 0.2) is 0 Å². The van der Waals surface area contributed by atoms with Gasteiger partial charge in [0, 0.05) is 23.6 Å². The van der Waals surface area contributed by atoms with E-state index in [4.69, 9.17) is 4.74 Å². The number of pyridine rings is 1. The summed E-state index contributed by atoms with van der Waals surface area (Å²) in [5, 5.41) is 3.57. The van der Waals surface area contributed by atoms with Gasteiger partial charge in [-0.25, -0.2) is 9.78 Å². The lowest BCUT2D eigenvalue weighted by Crippen LogP contribution is -2.12. The average Bonchev–Trinajstić information content (AvgIpc) is 3.05. The van der Waals surface area contributed by atoms with Gasteiger partial charge in [0.2, 0.25) is 0 Å². The fraction of sp³-hybridized carbons (Fsp3) is 0.158. The van der Waals surface area contributed by atoms with E-state index in [9.17, 15) is 9.59 Å². The molecule has 2 aromatic heterocycles. The molecule has 3 rings (SSSR count). The molecule has 1 amide bonds. The van der Waals surface area contributed by atoms with Crippen molar-refractivity contribution in [2.24, 2.45) is 0 Å². The monoisotopic (exact) mass is 367 g/mol. The SMILES string of the molecule is CCOC(=O)c1ccc(NC(=O)c2sc(-c3cccnc3)nc2C)cc1. The molecule has 0 spiro atoms. The van der Waals surface area contributed by atoms with E-state index >= 15 is 0 Å². The summed E-state index contributed by atoms with van der Waals surface area (Å²) < 4.78 is 4.94. The van der Waals surface area contributed by atoms with Crippen molar-refractivity contribution in [2.45, 2.75) is 13.8 Å². The van der Waals surface area contributed by atoms with E-state index < -0.39 is 0 Å². The van der Waals surface area contributed by atoms with Gasteiger partial charge in [-0.1, -0.05) is 0 Å². The fourth-order valence-electron chi connectivity index (χ4n) is 2.31. The van der Waals surface area contributed by atoms with Gasteiger partial charge in [0.25, 0.3) is 5.91 Å². The maximum atomic E-state index is 12.6. The zero-order valence-electron chi connectivity index (χ0n) is 14.4. The summed E-state index contributed by atoms with van der Waals surface area (Å²) >= 11 is 1.32. The molecule has 0 unspecified atom stereocenters. The van der Waals surface area contributed by atoms with Crippen LogP contribution in [0.15, 0.2) is 48.8 Å². The van der Waals surface area contributed by atoms with Gasteiger partial charge in [-0.2, -0.15) is 0 Å². The Morgan fingerprint density at radius 1 is 1.19 bits per heavy atom. The minimum absolute atomic E-state index is 0.237. The molecule has 0 bridgehead atoms. The number of aryl methyl sites for hydroxylation is 1. The number of hydrogen-bond donors (Lipinski definition) is 1. The van der Waals surface area contributed by atoms with E-state index in [1.54, 1.807) is 50.5 Å². The van der Waals surface area contributed by atoms with Gasteiger partial charge in [0.1, 0.15) is 9.88 Å². The second kappa shape index (κ2) is 7.88. The normalized spacial score (nSPS) is 10.4. The van der Waals surface area contributed by atoms with Gasteiger partial charge in [-0.05, 0) is 50.2 Å². The minimum atomic E-state index is -0.384. The number of nitrogens with one attached hydrogen (secondary N) is 1. The first-order valence-electron chi connectivity index (χ1n) is 8.05. The second-order valence-electron chi connectivity index (χ2n) is 5.43. The van der Waals surface area contributed by atoms with Gasteiger partial charge < -0.3 is 10.1 Å². The predicted octanol–water partition coefficient (Wildman–Crippen LogP) is 3.94. The molecule has 1 aromatic carbocycles. The molecule has 7 heteroatoms. The first-order valence-corrected chi connectivity index (χ1v) is 8.86. The van der Waals surface area contributed by atoms with Crippen molar-refractivity contribution in [3.05, 3.63) is 64.9 Å². The van der Waals surface area contributed by atoms with Crippen LogP contribution in [0.4, 0.5) is 5.69 Å². The van der Waals surface area contributed by atoms with Crippen molar-refractivity contribution < 1.29 is 14.3 Å². The molecule has 132 valence electrons. The number of carbonyl (C=O) groups is 2. The molecule has 0 aliphatic heterocycles.